The highest BCUT2D eigenvalue weighted by Gasteiger charge is 2.51. The fourth-order valence-electron chi connectivity index (χ4n) is 4.91. The number of benzene rings is 1. The molecule has 27 heavy (non-hydrogen) atoms. The standard InChI is InChI=1S/C20H29N3O3S/c1-3-22-11-16(18-6-4-5-7-19(18)22)10-21-9-8-20(15-24)14-23(27(2,25)26)13-17(20)12-21/h4-7,11,17,24H,3,8-10,12-15H2,1-2H3/t17-,20+/m1/s1. The van der Waals surface area contributed by atoms with Crippen LogP contribution in [0.5, 0.6) is 0 Å². The van der Waals surface area contributed by atoms with Gasteiger partial charge in [0.2, 0.25) is 10.0 Å². The molecule has 0 amide bonds. The monoisotopic (exact) mass is 391 g/mol. The third kappa shape index (κ3) is 3.31. The van der Waals surface area contributed by atoms with E-state index in [0.29, 0.717) is 13.1 Å². The van der Waals surface area contributed by atoms with Gasteiger partial charge >= 0.3 is 0 Å². The van der Waals surface area contributed by atoms with Gasteiger partial charge in [-0.1, -0.05) is 18.2 Å². The number of aromatic nitrogens is 1. The van der Waals surface area contributed by atoms with Gasteiger partial charge in [0.25, 0.3) is 0 Å². The van der Waals surface area contributed by atoms with E-state index < -0.39 is 10.0 Å². The van der Waals surface area contributed by atoms with Crippen molar-refractivity contribution in [1.29, 1.82) is 0 Å². The molecule has 1 N–H and O–H groups in total. The lowest BCUT2D eigenvalue weighted by atomic mass is 9.73. The Kier molecular flexibility index (Phi) is 4.83. The third-order valence-electron chi connectivity index (χ3n) is 6.58. The summed E-state index contributed by atoms with van der Waals surface area (Å²) in [5, 5.41) is 11.3. The maximum Gasteiger partial charge on any atom is 0.211 e. The van der Waals surface area contributed by atoms with Crippen molar-refractivity contribution in [3.8, 4) is 0 Å². The summed E-state index contributed by atoms with van der Waals surface area (Å²) in [7, 11) is -3.21. The number of sulfonamides is 1. The Morgan fingerprint density at radius 1 is 1.26 bits per heavy atom. The molecule has 7 heteroatoms. The largest absolute Gasteiger partial charge is 0.396 e. The lowest BCUT2D eigenvalue weighted by Gasteiger charge is -2.42. The number of nitrogens with zero attached hydrogens (tertiary/aromatic N) is 3. The first kappa shape index (κ1) is 18.9. The van der Waals surface area contributed by atoms with E-state index >= 15 is 0 Å². The van der Waals surface area contributed by atoms with Crippen LogP contribution < -0.4 is 0 Å². The number of aliphatic hydroxyl groups excluding tert-OH is 1. The van der Waals surface area contributed by atoms with E-state index in [9.17, 15) is 13.5 Å². The highest BCUT2D eigenvalue weighted by atomic mass is 32.2. The molecule has 2 aliphatic rings. The second kappa shape index (κ2) is 6.88. The number of hydrogen-bond donors (Lipinski definition) is 1. The molecule has 148 valence electrons. The smallest absolute Gasteiger partial charge is 0.211 e. The zero-order valence-corrected chi connectivity index (χ0v) is 17.0. The Morgan fingerprint density at radius 3 is 2.74 bits per heavy atom. The summed E-state index contributed by atoms with van der Waals surface area (Å²) in [6.07, 6.45) is 4.36. The summed E-state index contributed by atoms with van der Waals surface area (Å²) >= 11 is 0. The van der Waals surface area contributed by atoms with Crippen molar-refractivity contribution in [2.75, 3.05) is 39.0 Å². The summed E-state index contributed by atoms with van der Waals surface area (Å²) < 4.78 is 27.9. The van der Waals surface area contributed by atoms with Gasteiger partial charge in [-0.3, -0.25) is 4.90 Å². The van der Waals surface area contributed by atoms with E-state index in [2.05, 4.69) is 46.9 Å². The van der Waals surface area contributed by atoms with Gasteiger partial charge in [-0.05, 0) is 37.4 Å². The molecule has 0 saturated carbocycles. The predicted octanol–water partition coefficient (Wildman–Crippen LogP) is 1.74. The molecule has 2 saturated heterocycles. The average molecular weight is 392 g/mol. The van der Waals surface area contributed by atoms with Gasteiger partial charge in [-0.25, -0.2) is 12.7 Å². The van der Waals surface area contributed by atoms with Gasteiger partial charge in [0.1, 0.15) is 0 Å². The lowest BCUT2D eigenvalue weighted by Crippen LogP contribution is -2.48. The number of aryl methyl sites for hydroxylation is 1. The number of aliphatic hydroxyl groups is 1. The van der Waals surface area contributed by atoms with E-state index in [1.807, 2.05) is 0 Å². The number of fused-ring (bicyclic) bond motifs is 2. The van der Waals surface area contributed by atoms with Crippen LogP contribution in [0.4, 0.5) is 0 Å². The topological polar surface area (TPSA) is 65.8 Å². The van der Waals surface area contributed by atoms with Crippen molar-refractivity contribution in [3.63, 3.8) is 0 Å². The maximum absolute atomic E-state index is 12.0. The number of likely N-dealkylation sites (tertiary alicyclic amines) is 1. The summed E-state index contributed by atoms with van der Waals surface area (Å²) in [4.78, 5) is 2.42. The molecular formula is C20H29N3O3S. The summed E-state index contributed by atoms with van der Waals surface area (Å²) in [6, 6.07) is 8.50. The molecule has 1 aromatic carbocycles. The quantitative estimate of drug-likeness (QED) is 0.843. The van der Waals surface area contributed by atoms with Crippen molar-refractivity contribution >= 4 is 20.9 Å². The highest BCUT2D eigenvalue weighted by molar-refractivity contribution is 7.88. The van der Waals surface area contributed by atoms with E-state index in [0.717, 1.165) is 32.6 Å². The van der Waals surface area contributed by atoms with Crippen LogP contribution in [0.15, 0.2) is 30.5 Å². The minimum absolute atomic E-state index is 0.0622. The van der Waals surface area contributed by atoms with Crippen molar-refractivity contribution in [2.45, 2.75) is 26.4 Å². The molecule has 2 fully saturated rings. The fraction of sp³-hybridized carbons (Fsp3) is 0.600. The second-order valence-electron chi connectivity index (χ2n) is 8.22. The van der Waals surface area contributed by atoms with Crippen LogP contribution in [-0.4, -0.2) is 66.3 Å². The van der Waals surface area contributed by atoms with Crippen LogP contribution in [0.2, 0.25) is 0 Å². The van der Waals surface area contributed by atoms with Crippen LogP contribution >= 0.6 is 0 Å². The minimum Gasteiger partial charge on any atom is -0.396 e. The Balaban J connectivity index is 1.55. The number of hydrogen-bond acceptors (Lipinski definition) is 4. The Bertz CT molecular complexity index is 939. The number of para-hydroxylation sites is 1. The summed E-state index contributed by atoms with van der Waals surface area (Å²) in [5.74, 6) is 0.186. The zero-order chi connectivity index (χ0) is 19.2. The molecule has 0 aliphatic carbocycles. The molecule has 0 bridgehead atoms. The zero-order valence-electron chi connectivity index (χ0n) is 16.1. The SMILES string of the molecule is CCn1cc(CN2CC[C@@]3(CO)CN(S(C)(=O)=O)C[C@H]3C2)c2ccccc21. The Hall–Kier alpha value is -1.41. The van der Waals surface area contributed by atoms with E-state index in [1.165, 1.54) is 22.7 Å². The van der Waals surface area contributed by atoms with Crippen LogP contribution in [-0.2, 0) is 23.1 Å². The maximum atomic E-state index is 12.0. The molecule has 6 nitrogen and oxygen atoms in total. The lowest BCUT2D eigenvalue weighted by molar-refractivity contribution is 0.0171. The van der Waals surface area contributed by atoms with Gasteiger partial charge in [0.05, 0.1) is 12.9 Å². The Morgan fingerprint density at radius 2 is 2.04 bits per heavy atom. The third-order valence-corrected chi connectivity index (χ3v) is 7.79. The normalized spacial score (nSPS) is 27.3. The first-order valence-electron chi connectivity index (χ1n) is 9.71. The fourth-order valence-corrected chi connectivity index (χ4v) is 5.85. The van der Waals surface area contributed by atoms with Crippen LogP contribution in [0.1, 0.15) is 18.9 Å². The number of rotatable bonds is 5. The van der Waals surface area contributed by atoms with E-state index in [1.54, 1.807) is 4.31 Å². The Labute approximate surface area is 161 Å². The van der Waals surface area contributed by atoms with Gasteiger partial charge in [0.15, 0.2) is 0 Å². The van der Waals surface area contributed by atoms with Crippen LogP contribution in [0.25, 0.3) is 10.9 Å². The molecule has 0 spiro atoms. The van der Waals surface area contributed by atoms with E-state index in [-0.39, 0.29) is 17.9 Å². The molecule has 1 aromatic heterocycles. The molecule has 3 heterocycles. The van der Waals surface area contributed by atoms with E-state index in [4.69, 9.17) is 0 Å². The summed E-state index contributed by atoms with van der Waals surface area (Å²) in [5.41, 5.74) is 2.31. The van der Waals surface area contributed by atoms with Crippen molar-refractivity contribution in [1.82, 2.24) is 13.8 Å². The van der Waals surface area contributed by atoms with Crippen molar-refractivity contribution in [3.05, 3.63) is 36.0 Å². The van der Waals surface area contributed by atoms with Crippen molar-refractivity contribution < 1.29 is 13.5 Å². The molecule has 0 radical (unpaired) electrons. The molecular weight excluding hydrogens is 362 g/mol. The average Bonchev–Trinajstić information content (AvgIpc) is 3.21. The second-order valence-corrected chi connectivity index (χ2v) is 10.2. The first-order chi connectivity index (χ1) is 12.9. The molecule has 2 aromatic rings. The molecule has 0 unspecified atom stereocenters. The van der Waals surface area contributed by atoms with Gasteiger partial charge in [-0.2, -0.15) is 0 Å². The van der Waals surface area contributed by atoms with Crippen molar-refractivity contribution in [2.24, 2.45) is 11.3 Å². The molecule has 2 atom stereocenters. The van der Waals surface area contributed by atoms with Crippen LogP contribution in [0, 0.1) is 11.3 Å². The highest BCUT2D eigenvalue weighted by Crippen LogP contribution is 2.43. The van der Waals surface area contributed by atoms with Gasteiger partial charge in [-0.15, -0.1) is 0 Å². The minimum atomic E-state index is -3.21. The number of piperidine rings is 1. The molecule has 4 rings (SSSR count). The predicted molar refractivity (Wildman–Crippen MR) is 107 cm³/mol. The van der Waals surface area contributed by atoms with Crippen LogP contribution in [0.3, 0.4) is 0 Å². The van der Waals surface area contributed by atoms with Gasteiger partial charge < -0.3 is 9.67 Å². The summed E-state index contributed by atoms with van der Waals surface area (Å²) in [6.45, 7) is 6.73. The first-order valence-corrected chi connectivity index (χ1v) is 11.6. The van der Waals surface area contributed by atoms with Gasteiger partial charge in [0, 0.05) is 55.2 Å². The molecule has 2 aliphatic heterocycles.